The normalized spacial score (nSPS) is 18.4. The summed E-state index contributed by atoms with van der Waals surface area (Å²) in [7, 11) is 1.53. The topological polar surface area (TPSA) is 145 Å². The van der Waals surface area contributed by atoms with E-state index in [1.54, 1.807) is 66.6 Å². The summed E-state index contributed by atoms with van der Waals surface area (Å²) < 4.78 is 22.9. The lowest BCUT2D eigenvalue weighted by Gasteiger charge is -2.22. The van der Waals surface area contributed by atoms with Crippen molar-refractivity contribution in [1.82, 2.24) is 25.7 Å². The van der Waals surface area contributed by atoms with Crippen molar-refractivity contribution >= 4 is 17.7 Å². The molecule has 7 rings (SSSR count). The van der Waals surface area contributed by atoms with Gasteiger partial charge in [0.05, 0.1) is 37.4 Å². The number of hydrogen-bond donors (Lipinski definition) is 2. The lowest BCUT2D eigenvalue weighted by atomic mass is 10.1. The van der Waals surface area contributed by atoms with Crippen LogP contribution in [0.3, 0.4) is 0 Å². The van der Waals surface area contributed by atoms with E-state index >= 15 is 0 Å². The molecule has 0 unspecified atom stereocenters. The molecule has 0 aliphatic carbocycles. The number of fused-ring (bicyclic) bond motifs is 7. The van der Waals surface area contributed by atoms with Crippen LogP contribution in [0.5, 0.6) is 17.2 Å². The van der Waals surface area contributed by atoms with Crippen molar-refractivity contribution in [2.75, 3.05) is 26.8 Å². The summed E-state index contributed by atoms with van der Waals surface area (Å²) in [6.07, 6.45) is 2.61. The van der Waals surface area contributed by atoms with Crippen molar-refractivity contribution in [1.29, 1.82) is 0 Å². The number of carbonyl (C=O) groups excluding carboxylic acids is 3. The van der Waals surface area contributed by atoms with Gasteiger partial charge in [0, 0.05) is 48.7 Å². The van der Waals surface area contributed by atoms with E-state index in [-0.39, 0.29) is 50.4 Å². The number of pyridine rings is 1. The summed E-state index contributed by atoms with van der Waals surface area (Å²) in [6, 6.07) is 15.4. The smallest absolute Gasteiger partial charge is 0.258 e. The average Bonchev–Trinajstić information content (AvgIpc) is 3.63. The lowest BCUT2D eigenvalue weighted by molar-refractivity contribution is -0.130. The molecule has 3 amide bonds. The predicted molar refractivity (Wildman–Crippen MR) is 157 cm³/mol. The Kier molecular flexibility index (Phi) is 8.13. The number of amides is 3. The van der Waals surface area contributed by atoms with E-state index in [4.69, 9.17) is 18.7 Å². The first-order valence-electron chi connectivity index (χ1n) is 14.1. The van der Waals surface area contributed by atoms with Gasteiger partial charge in [0.25, 0.3) is 11.8 Å². The molecule has 6 bridgehead atoms. The second-order valence-electron chi connectivity index (χ2n) is 10.7. The highest BCUT2D eigenvalue weighted by Crippen LogP contribution is 2.28. The number of methoxy groups -OCH3 is 1. The minimum Gasteiger partial charge on any atom is -0.496 e. The zero-order valence-corrected chi connectivity index (χ0v) is 24.2. The summed E-state index contributed by atoms with van der Waals surface area (Å²) in [5.74, 6) is 1.14. The van der Waals surface area contributed by atoms with Crippen LogP contribution in [0.1, 0.15) is 27.4 Å². The summed E-state index contributed by atoms with van der Waals surface area (Å²) in [4.78, 5) is 45.3. The maximum atomic E-state index is 13.5. The van der Waals surface area contributed by atoms with Gasteiger partial charge in [0.1, 0.15) is 29.1 Å². The summed E-state index contributed by atoms with van der Waals surface area (Å²) >= 11 is 0. The van der Waals surface area contributed by atoms with E-state index in [1.807, 2.05) is 6.07 Å². The minimum atomic E-state index is -0.565. The van der Waals surface area contributed by atoms with Crippen molar-refractivity contribution < 1.29 is 33.1 Å². The molecule has 12 heteroatoms. The van der Waals surface area contributed by atoms with Crippen molar-refractivity contribution in [2.24, 2.45) is 0 Å². The molecular formula is C32H31N5O7. The second kappa shape index (κ2) is 12.5. The summed E-state index contributed by atoms with van der Waals surface area (Å²) in [5, 5.41) is 9.77. The Bertz CT molecular complexity index is 1700. The Balaban J connectivity index is 1.31. The van der Waals surface area contributed by atoms with E-state index in [0.29, 0.717) is 39.8 Å². The van der Waals surface area contributed by atoms with Crippen LogP contribution in [0.15, 0.2) is 71.5 Å². The van der Waals surface area contributed by atoms with Gasteiger partial charge < -0.3 is 34.3 Å². The molecule has 3 aliphatic rings. The van der Waals surface area contributed by atoms with Gasteiger partial charge in [-0.3, -0.25) is 19.4 Å². The number of aryl methyl sites for hydroxylation is 1. The molecule has 44 heavy (non-hydrogen) atoms. The van der Waals surface area contributed by atoms with Crippen molar-refractivity contribution in [2.45, 2.75) is 32.0 Å². The Morgan fingerprint density at radius 2 is 1.89 bits per heavy atom. The quantitative estimate of drug-likeness (QED) is 0.364. The van der Waals surface area contributed by atoms with Crippen LogP contribution in [0.25, 0.3) is 11.1 Å². The zero-order valence-electron chi connectivity index (χ0n) is 24.2. The molecule has 2 atom stereocenters. The molecule has 3 aliphatic heterocycles. The molecule has 1 fully saturated rings. The van der Waals surface area contributed by atoms with Crippen LogP contribution < -0.4 is 24.8 Å². The molecule has 12 nitrogen and oxygen atoms in total. The monoisotopic (exact) mass is 597 g/mol. The van der Waals surface area contributed by atoms with E-state index in [2.05, 4.69) is 20.8 Å². The van der Waals surface area contributed by atoms with Crippen LogP contribution in [0, 0.1) is 6.92 Å². The maximum absolute atomic E-state index is 13.5. The first-order chi connectivity index (χ1) is 21.3. The third-order valence-corrected chi connectivity index (χ3v) is 7.50. The second-order valence-corrected chi connectivity index (χ2v) is 10.7. The maximum Gasteiger partial charge on any atom is 0.258 e. The number of hydrogen-bond acceptors (Lipinski definition) is 9. The molecule has 2 aromatic carbocycles. The fourth-order valence-corrected chi connectivity index (χ4v) is 5.25. The number of benzene rings is 2. The first kappa shape index (κ1) is 28.7. The van der Waals surface area contributed by atoms with Crippen LogP contribution in [-0.2, 0) is 22.6 Å². The molecule has 0 spiro atoms. The SMILES string of the molecule is COc1cc2ccc1CNC(=O)COc1cccc(c1)-c1cncc(c1)C(=O)N[C@H]1CN(C(=O)Cc3cc(C)no3)C[C@@H]1O2. The van der Waals surface area contributed by atoms with Gasteiger partial charge in [0.2, 0.25) is 5.91 Å². The van der Waals surface area contributed by atoms with Crippen LogP contribution in [0.2, 0.25) is 0 Å². The van der Waals surface area contributed by atoms with E-state index in [9.17, 15) is 14.4 Å². The largest absolute Gasteiger partial charge is 0.496 e. The third-order valence-electron chi connectivity index (χ3n) is 7.50. The predicted octanol–water partition coefficient (Wildman–Crippen LogP) is 2.69. The highest BCUT2D eigenvalue weighted by Gasteiger charge is 2.38. The van der Waals surface area contributed by atoms with Gasteiger partial charge >= 0.3 is 0 Å². The molecule has 0 saturated carbocycles. The molecule has 1 saturated heterocycles. The van der Waals surface area contributed by atoms with Gasteiger partial charge in [-0.2, -0.15) is 0 Å². The number of likely N-dealkylation sites (tertiary alicyclic amines) is 1. The van der Waals surface area contributed by atoms with Crippen molar-refractivity contribution in [3.63, 3.8) is 0 Å². The van der Waals surface area contributed by atoms with Crippen molar-refractivity contribution in [3.05, 3.63) is 89.6 Å². The Morgan fingerprint density at radius 3 is 2.70 bits per heavy atom. The average molecular weight is 598 g/mol. The minimum absolute atomic E-state index is 0.0389. The summed E-state index contributed by atoms with van der Waals surface area (Å²) in [6.45, 7) is 2.30. The number of ether oxygens (including phenoxy) is 3. The Labute approximate surface area is 253 Å². The molecular weight excluding hydrogens is 566 g/mol. The Hall–Kier alpha value is -5.39. The van der Waals surface area contributed by atoms with E-state index in [1.165, 1.54) is 13.3 Å². The fraction of sp³-hybridized carbons (Fsp3) is 0.281. The third kappa shape index (κ3) is 6.48. The number of aromatic nitrogens is 2. The molecule has 2 aromatic heterocycles. The number of carbonyl (C=O) groups is 3. The van der Waals surface area contributed by atoms with Crippen LogP contribution in [-0.4, -0.2) is 71.7 Å². The number of nitrogens with one attached hydrogen (secondary N) is 2. The summed E-state index contributed by atoms with van der Waals surface area (Å²) in [5.41, 5.74) is 3.24. The lowest BCUT2D eigenvalue weighted by Crippen LogP contribution is -2.45. The van der Waals surface area contributed by atoms with Gasteiger partial charge in [-0.1, -0.05) is 17.3 Å². The van der Waals surface area contributed by atoms with E-state index < -0.39 is 12.1 Å². The first-order valence-corrected chi connectivity index (χ1v) is 14.1. The highest BCUT2D eigenvalue weighted by molar-refractivity contribution is 5.95. The van der Waals surface area contributed by atoms with E-state index in [0.717, 1.165) is 11.1 Å². The van der Waals surface area contributed by atoms with Gasteiger partial charge in [-0.15, -0.1) is 0 Å². The van der Waals surface area contributed by atoms with Crippen LogP contribution in [0.4, 0.5) is 0 Å². The van der Waals surface area contributed by atoms with Crippen molar-refractivity contribution in [3.8, 4) is 28.4 Å². The molecule has 5 heterocycles. The standard InChI is InChI=1S/C32H31N5O7/c1-19-8-26(44-36-19)12-31(39)37-16-27-29(17-37)43-25-7-6-21(28(11-25)41-2)15-34-30(38)18-42-24-5-3-4-20(10-24)22-9-23(14-33-13-22)32(40)35-27/h3-11,13-14,27,29H,12,15-18H2,1-2H3,(H,34,38)(H,35,40)/t27-,29-/m0/s1. The molecule has 2 N–H and O–H groups in total. The molecule has 4 aromatic rings. The number of rotatable bonds is 3. The molecule has 0 radical (unpaired) electrons. The number of nitrogens with zero attached hydrogens (tertiary/aromatic N) is 3. The van der Waals surface area contributed by atoms with Gasteiger partial charge in [-0.05, 0) is 42.8 Å². The molecule has 226 valence electrons. The van der Waals surface area contributed by atoms with Gasteiger partial charge in [-0.25, -0.2) is 0 Å². The fourth-order valence-electron chi connectivity index (χ4n) is 5.25. The van der Waals surface area contributed by atoms with Crippen LogP contribution >= 0.6 is 0 Å². The Morgan fingerprint density at radius 1 is 1.02 bits per heavy atom. The van der Waals surface area contributed by atoms with Gasteiger partial charge in [0.15, 0.2) is 6.61 Å². The highest BCUT2D eigenvalue weighted by atomic mass is 16.5. The zero-order chi connectivity index (χ0) is 30.6.